The van der Waals surface area contributed by atoms with E-state index in [0.717, 1.165) is 12.1 Å². The summed E-state index contributed by atoms with van der Waals surface area (Å²) in [5, 5.41) is 21.8. The summed E-state index contributed by atoms with van der Waals surface area (Å²) in [7, 11) is 1.58. The van der Waals surface area contributed by atoms with Gasteiger partial charge in [0.2, 0.25) is 5.91 Å². The van der Waals surface area contributed by atoms with Crippen molar-refractivity contribution < 1.29 is 19.4 Å². The smallest absolute Gasteiger partial charge is 0.316 e. The van der Waals surface area contributed by atoms with Gasteiger partial charge < -0.3 is 4.90 Å². The van der Waals surface area contributed by atoms with E-state index in [1.54, 1.807) is 19.2 Å². The van der Waals surface area contributed by atoms with Crippen molar-refractivity contribution in [3.63, 3.8) is 0 Å². The lowest BCUT2D eigenvalue weighted by molar-refractivity contribution is -0.422. The Labute approximate surface area is 141 Å². The van der Waals surface area contributed by atoms with Crippen molar-refractivity contribution in [2.24, 2.45) is 0 Å². The number of hydrogen-bond donors (Lipinski definition) is 0. The lowest BCUT2D eigenvalue weighted by Crippen LogP contribution is -2.22. The highest BCUT2D eigenvalue weighted by molar-refractivity contribution is 6.09. The number of nitro benzene ring substituents is 2. The molecule has 1 amide bonds. The zero-order valence-corrected chi connectivity index (χ0v) is 13.3. The molecule has 0 N–H and O–H groups in total. The molecular formula is C16H13N3O6. The minimum absolute atomic E-state index is 0.0371. The van der Waals surface area contributed by atoms with Gasteiger partial charge in [0.25, 0.3) is 0 Å². The van der Waals surface area contributed by atoms with Gasteiger partial charge in [0.05, 0.1) is 9.85 Å². The minimum Gasteiger partial charge on any atom is -0.316 e. The van der Waals surface area contributed by atoms with Crippen LogP contribution in [0.5, 0.6) is 0 Å². The van der Waals surface area contributed by atoms with E-state index in [4.69, 9.17) is 0 Å². The van der Waals surface area contributed by atoms with Crippen LogP contribution in [0.15, 0.2) is 42.5 Å². The molecule has 2 aromatic rings. The van der Waals surface area contributed by atoms with Gasteiger partial charge in [0.1, 0.15) is 0 Å². The van der Waals surface area contributed by atoms with Gasteiger partial charge in [0.15, 0.2) is 5.78 Å². The largest absolute Gasteiger partial charge is 0.346 e. The second-order valence-electron chi connectivity index (χ2n) is 5.17. The summed E-state index contributed by atoms with van der Waals surface area (Å²) in [6.45, 7) is 1.40. The molecule has 0 saturated carbocycles. The van der Waals surface area contributed by atoms with E-state index >= 15 is 0 Å². The molecule has 2 rings (SSSR count). The molecule has 2 aromatic carbocycles. The third kappa shape index (κ3) is 3.66. The first-order chi connectivity index (χ1) is 11.7. The summed E-state index contributed by atoms with van der Waals surface area (Å²) < 4.78 is 0. The van der Waals surface area contributed by atoms with Crippen molar-refractivity contribution in [1.29, 1.82) is 0 Å². The number of rotatable bonds is 5. The molecule has 9 heteroatoms. The lowest BCUT2D eigenvalue weighted by atomic mass is 10.0. The van der Waals surface area contributed by atoms with E-state index in [0.29, 0.717) is 5.69 Å². The Morgan fingerprint density at radius 3 is 1.88 bits per heavy atom. The van der Waals surface area contributed by atoms with Gasteiger partial charge in [-0.2, -0.15) is 0 Å². The molecule has 25 heavy (non-hydrogen) atoms. The third-order valence-corrected chi connectivity index (χ3v) is 3.62. The predicted octanol–water partition coefficient (Wildman–Crippen LogP) is 2.72. The minimum atomic E-state index is -0.903. The van der Waals surface area contributed by atoms with Crippen molar-refractivity contribution in [1.82, 2.24) is 0 Å². The number of carbonyl (C=O) groups excluding carboxylic acids is 2. The van der Waals surface area contributed by atoms with E-state index in [1.165, 1.54) is 30.0 Å². The summed E-state index contributed by atoms with van der Waals surface area (Å²) in [5.41, 5.74) is -0.642. The number of hydrogen-bond acceptors (Lipinski definition) is 6. The molecule has 0 radical (unpaired) electrons. The molecule has 0 aliphatic heterocycles. The molecule has 0 unspecified atom stereocenters. The number of ketones is 1. The molecule has 0 heterocycles. The first-order valence-electron chi connectivity index (χ1n) is 7.04. The topological polar surface area (TPSA) is 124 Å². The average Bonchev–Trinajstić information content (AvgIpc) is 2.59. The Morgan fingerprint density at radius 2 is 1.40 bits per heavy atom. The first-order valence-corrected chi connectivity index (χ1v) is 7.04. The van der Waals surface area contributed by atoms with Gasteiger partial charge >= 0.3 is 11.4 Å². The average molecular weight is 343 g/mol. The van der Waals surface area contributed by atoms with Gasteiger partial charge in [-0.05, 0) is 30.3 Å². The number of nitro groups is 2. The highest BCUT2D eigenvalue weighted by Gasteiger charge is 2.26. The lowest BCUT2D eigenvalue weighted by Gasteiger charge is -2.15. The second kappa shape index (κ2) is 6.87. The number of anilines is 1. The number of carbonyl (C=O) groups is 2. The molecule has 0 aromatic heterocycles. The van der Waals surface area contributed by atoms with Crippen molar-refractivity contribution in [2.45, 2.75) is 6.92 Å². The van der Waals surface area contributed by atoms with E-state index in [9.17, 15) is 29.8 Å². The van der Waals surface area contributed by atoms with Crippen LogP contribution in [0.2, 0.25) is 0 Å². The van der Waals surface area contributed by atoms with Crippen LogP contribution in [0, 0.1) is 20.2 Å². The summed E-state index contributed by atoms with van der Waals surface area (Å²) in [4.78, 5) is 45.2. The Morgan fingerprint density at radius 1 is 0.880 bits per heavy atom. The van der Waals surface area contributed by atoms with Gasteiger partial charge in [-0.1, -0.05) is 0 Å². The van der Waals surface area contributed by atoms with Gasteiger partial charge in [0, 0.05) is 42.9 Å². The van der Waals surface area contributed by atoms with Crippen LogP contribution < -0.4 is 4.90 Å². The third-order valence-electron chi connectivity index (χ3n) is 3.62. The monoisotopic (exact) mass is 343 g/mol. The zero-order valence-electron chi connectivity index (χ0n) is 13.3. The fraction of sp³-hybridized carbons (Fsp3) is 0.125. The van der Waals surface area contributed by atoms with Crippen LogP contribution >= 0.6 is 0 Å². The highest BCUT2D eigenvalue weighted by atomic mass is 16.6. The summed E-state index contributed by atoms with van der Waals surface area (Å²) in [5.74, 6) is -0.694. The van der Waals surface area contributed by atoms with Crippen molar-refractivity contribution >= 4 is 28.8 Å². The normalized spacial score (nSPS) is 10.2. The predicted molar refractivity (Wildman–Crippen MR) is 88.7 cm³/mol. The Balaban J connectivity index is 2.38. The SMILES string of the molecule is CC(=O)N(C)c1ccc(C(=O)c2ccc([N+](=O)[O-])c([N+](=O)[O-])c2)cc1. The molecule has 9 nitrogen and oxygen atoms in total. The second-order valence-corrected chi connectivity index (χ2v) is 5.17. The standard InChI is InChI=1S/C16H13N3O6/c1-10(20)17(2)13-6-3-11(4-7-13)16(21)12-5-8-14(18(22)23)15(9-12)19(24)25/h3-9H,1-2H3. The van der Waals surface area contributed by atoms with E-state index in [-0.39, 0.29) is 17.0 Å². The summed E-state index contributed by atoms with van der Waals surface area (Å²) in [6, 6.07) is 9.07. The fourth-order valence-electron chi connectivity index (χ4n) is 2.15. The van der Waals surface area contributed by atoms with Crippen LogP contribution in [-0.4, -0.2) is 28.6 Å². The van der Waals surface area contributed by atoms with E-state index < -0.39 is 27.0 Å². The van der Waals surface area contributed by atoms with Crippen molar-refractivity contribution in [3.05, 3.63) is 73.8 Å². The fourth-order valence-corrected chi connectivity index (χ4v) is 2.15. The Bertz CT molecular complexity index is 876. The van der Waals surface area contributed by atoms with Gasteiger partial charge in [-0.25, -0.2) is 0 Å². The molecule has 0 spiro atoms. The molecule has 0 bridgehead atoms. The number of nitrogens with zero attached hydrogens (tertiary/aromatic N) is 3. The van der Waals surface area contributed by atoms with E-state index in [2.05, 4.69) is 0 Å². The quantitative estimate of drug-likeness (QED) is 0.467. The number of benzene rings is 2. The first kappa shape index (κ1) is 17.7. The van der Waals surface area contributed by atoms with Crippen LogP contribution in [-0.2, 0) is 4.79 Å². The molecule has 0 aliphatic carbocycles. The molecule has 0 fully saturated rings. The Kier molecular flexibility index (Phi) is 4.87. The van der Waals surface area contributed by atoms with Crippen molar-refractivity contribution in [2.75, 3.05) is 11.9 Å². The number of amides is 1. The Hall–Kier alpha value is -3.62. The summed E-state index contributed by atoms with van der Waals surface area (Å²) in [6.07, 6.45) is 0. The van der Waals surface area contributed by atoms with Crippen LogP contribution in [0.25, 0.3) is 0 Å². The molecule has 128 valence electrons. The maximum absolute atomic E-state index is 12.4. The molecular weight excluding hydrogens is 330 g/mol. The van der Waals surface area contributed by atoms with Crippen molar-refractivity contribution in [3.8, 4) is 0 Å². The highest BCUT2D eigenvalue weighted by Crippen LogP contribution is 2.28. The van der Waals surface area contributed by atoms with Crippen LogP contribution in [0.4, 0.5) is 17.1 Å². The van der Waals surface area contributed by atoms with Gasteiger partial charge in [-0.3, -0.25) is 29.8 Å². The maximum Gasteiger partial charge on any atom is 0.346 e. The van der Waals surface area contributed by atoms with Crippen LogP contribution in [0.3, 0.4) is 0 Å². The van der Waals surface area contributed by atoms with Crippen LogP contribution in [0.1, 0.15) is 22.8 Å². The summed E-state index contributed by atoms with van der Waals surface area (Å²) >= 11 is 0. The van der Waals surface area contributed by atoms with E-state index in [1.807, 2.05) is 0 Å². The van der Waals surface area contributed by atoms with Gasteiger partial charge in [-0.15, -0.1) is 0 Å². The maximum atomic E-state index is 12.4. The molecule has 0 saturated heterocycles. The molecule has 0 atom stereocenters. The molecule has 0 aliphatic rings. The zero-order chi connectivity index (χ0) is 18.7.